The van der Waals surface area contributed by atoms with Gasteiger partial charge >= 0.3 is 0 Å². The Hall–Kier alpha value is -2.37. The molecule has 23 heavy (non-hydrogen) atoms. The zero-order valence-electron chi connectivity index (χ0n) is 12.9. The molecule has 114 valence electrons. The molecule has 0 aliphatic carbocycles. The molecule has 3 aromatic rings. The van der Waals surface area contributed by atoms with Gasteiger partial charge in [-0.05, 0) is 11.1 Å². The van der Waals surface area contributed by atoms with Crippen LogP contribution in [-0.4, -0.2) is 6.16 Å². The van der Waals surface area contributed by atoms with Gasteiger partial charge in [0.05, 0.1) is 0 Å². The van der Waals surface area contributed by atoms with Crippen molar-refractivity contribution < 1.29 is 4.57 Å². The van der Waals surface area contributed by atoms with Crippen LogP contribution in [0.4, 0.5) is 0 Å². The molecule has 0 heterocycles. The van der Waals surface area contributed by atoms with Gasteiger partial charge in [-0.2, -0.15) is 0 Å². The molecule has 0 aliphatic heterocycles. The second kappa shape index (κ2) is 6.81. The highest BCUT2D eigenvalue weighted by atomic mass is 31.2. The lowest BCUT2D eigenvalue weighted by Crippen LogP contribution is -2.18. The number of hydrogen-bond acceptors (Lipinski definition) is 1. The Balaban J connectivity index is 2.04. The first-order valence-corrected chi connectivity index (χ1v) is 9.53. The fourth-order valence-electron chi connectivity index (χ4n) is 2.70. The summed E-state index contributed by atoms with van der Waals surface area (Å²) in [4.78, 5) is 0. The Morgan fingerprint density at radius 1 is 0.696 bits per heavy atom. The van der Waals surface area contributed by atoms with Crippen LogP contribution in [0.2, 0.25) is 0 Å². The van der Waals surface area contributed by atoms with Gasteiger partial charge in [0.1, 0.15) is 7.14 Å². The van der Waals surface area contributed by atoms with Crippen LogP contribution in [0.1, 0.15) is 5.56 Å². The van der Waals surface area contributed by atoms with Crippen molar-refractivity contribution in [3.63, 3.8) is 0 Å². The van der Waals surface area contributed by atoms with Gasteiger partial charge in [0.2, 0.25) is 0 Å². The topological polar surface area (TPSA) is 17.1 Å². The van der Waals surface area contributed by atoms with Crippen LogP contribution >= 0.6 is 7.14 Å². The predicted octanol–water partition coefficient (Wildman–Crippen LogP) is 4.71. The fraction of sp³-hybridized carbons (Fsp3) is 0.0476. The second-order valence-electron chi connectivity index (χ2n) is 5.54. The van der Waals surface area contributed by atoms with Crippen molar-refractivity contribution in [1.29, 1.82) is 0 Å². The average Bonchev–Trinajstić information content (AvgIpc) is 2.64. The summed E-state index contributed by atoms with van der Waals surface area (Å²) in [5.74, 6) is 0. The molecule has 0 saturated carbocycles. The van der Waals surface area contributed by atoms with E-state index in [0.29, 0.717) is 6.16 Å². The molecular formula is C21H19OP. The normalized spacial score (nSPS) is 11.1. The zero-order chi connectivity index (χ0) is 16.1. The maximum atomic E-state index is 13.9. The van der Waals surface area contributed by atoms with Gasteiger partial charge in [-0.15, -0.1) is 0 Å². The maximum absolute atomic E-state index is 13.9. The first kappa shape index (κ1) is 15.5. The smallest absolute Gasteiger partial charge is 0.147 e. The van der Waals surface area contributed by atoms with E-state index < -0.39 is 7.14 Å². The van der Waals surface area contributed by atoms with Crippen molar-refractivity contribution >= 4 is 23.3 Å². The van der Waals surface area contributed by atoms with E-state index in [4.69, 9.17) is 0 Å². The summed E-state index contributed by atoms with van der Waals surface area (Å²) < 4.78 is 13.9. The zero-order valence-corrected chi connectivity index (χ0v) is 13.8. The van der Waals surface area contributed by atoms with Gasteiger partial charge in [0, 0.05) is 16.8 Å². The van der Waals surface area contributed by atoms with Gasteiger partial charge in [0.25, 0.3) is 0 Å². The lowest BCUT2D eigenvalue weighted by atomic mass is 10.1. The standard InChI is InChI=1S/C21H19OP/c1-18(19-11-5-2-6-12-19)17-23(22,20-13-7-3-8-14-20)21-15-9-4-10-16-21/h2-16H,1,17H2. The number of benzene rings is 3. The van der Waals surface area contributed by atoms with Crippen molar-refractivity contribution in [3.8, 4) is 0 Å². The van der Waals surface area contributed by atoms with E-state index in [2.05, 4.69) is 6.58 Å². The maximum Gasteiger partial charge on any atom is 0.147 e. The SMILES string of the molecule is C=C(CP(=O)(c1ccccc1)c1ccccc1)c1ccccc1. The molecule has 0 unspecified atom stereocenters. The van der Waals surface area contributed by atoms with Crippen molar-refractivity contribution in [2.75, 3.05) is 6.16 Å². The molecule has 0 fully saturated rings. The minimum atomic E-state index is -2.75. The fourth-order valence-corrected chi connectivity index (χ4v) is 5.39. The summed E-state index contributed by atoms with van der Waals surface area (Å²) >= 11 is 0. The first-order valence-electron chi connectivity index (χ1n) is 7.64. The van der Waals surface area contributed by atoms with Gasteiger partial charge in [-0.1, -0.05) is 97.6 Å². The molecule has 0 bridgehead atoms. The molecule has 3 aromatic carbocycles. The van der Waals surface area contributed by atoms with E-state index in [0.717, 1.165) is 21.7 Å². The Bertz CT molecular complexity index is 780. The second-order valence-corrected chi connectivity index (χ2v) is 8.37. The quantitative estimate of drug-likeness (QED) is 0.622. The largest absolute Gasteiger partial charge is 0.313 e. The van der Waals surface area contributed by atoms with Crippen molar-refractivity contribution in [2.24, 2.45) is 0 Å². The summed E-state index contributed by atoms with van der Waals surface area (Å²) in [6.07, 6.45) is 0.449. The minimum absolute atomic E-state index is 0.449. The first-order chi connectivity index (χ1) is 11.2. The van der Waals surface area contributed by atoms with Gasteiger partial charge in [-0.25, -0.2) is 0 Å². The third-order valence-electron chi connectivity index (χ3n) is 3.94. The molecule has 0 amide bonds. The van der Waals surface area contributed by atoms with Crippen LogP contribution in [0.25, 0.3) is 5.57 Å². The van der Waals surface area contributed by atoms with Crippen molar-refractivity contribution in [3.05, 3.63) is 103 Å². The molecule has 0 saturated heterocycles. The molecular weight excluding hydrogens is 299 g/mol. The molecule has 1 nitrogen and oxygen atoms in total. The van der Waals surface area contributed by atoms with E-state index in [1.807, 2.05) is 91.0 Å². The van der Waals surface area contributed by atoms with Gasteiger partial charge in [-0.3, -0.25) is 0 Å². The van der Waals surface area contributed by atoms with E-state index in [1.54, 1.807) is 0 Å². The van der Waals surface area contributed by atoms with Crippen LogP contribution in [0, 0.1) is 0 Å². The lowest BCUT2D eigenvalue weighted by molar-refractivity contribution is 0.589. The summed E-state index contributed by atoms with van der Waals surface area (Å²) in [6.45, 7) is 4.19. The van der Waals surface area contributed by atoms with Crippen molar-refractivity contribution in [1.82, 2.24) is 0 Å². The minimum Gasteiger partial charge on any atom is -0.313 e. The highest BCUT2D eigenvalue weighted by Crippen LogP contribution is 2.46. The number of allylic oxidation sites excluding steroid dienone is 1. The summed E-state index contributed by atoms with van der Waals surface area (Å²) in [6, 6.07) is 29.4. The van der Waals surface area contributed by atoms with E-state index in [1.165, 1.54) is 0 Å². The summed E-state index contributed by atoms with van der Waals surface area (Å²) in [5, 5.41) is 1.76. The molecule has 0 spiro atoms. The van der Waals surface area contributed by atoms with Crippen LogP contribution in [0.5, 0.6) is 0 Å². The third kappa shape index (κ3) is 3.36. The van der Waals surface area contributed by atoms with E-state index in [-0.39, 0.29) is 0 Å². The Morgan fingerprint density at radius 2 is 1.09 bits per heavy atom. The predicted molar refractivity (Wildman–Crippen MR) is 100 cm³/mol. The Labute approximate surface area is 137 Å². The highest BCUT2D eigenvalue weighted by molar-refractivity contribution is 7.79. The molecule has 0 N–H and O–H groups in total. The van der Waals surface area contributed by atoms with Gasteiger partial charge in [0.15, 0.2) is 0 Å². The molecule has 3 rings (SSSR count). The van der Waals surface area contributed by atoms with Crippen LogP contribution < -0.4 is 10.6 Å². The Kier molecular flexibility index (Phi) is 4.60. The molecule has 0 aromatic heterocycles. The van der Waals surface area contributed by atoms with Crippen LogP contribution in [0.3, 0.4) is 0 Å². The average molecular weight is 318 g/mol. The third-order valence-corrected chi connectivity index (χ3v) is 7.03. The number of hydrogen-bond donors (Lipinski definition) is 0. The summed E-state index contributed by atoms with van der Waals surface area (Å²) in [5.41, 5.74) is 1.95. The summed E-state index contributed by atoms with van der Waals surface area (Å²) in [7, 11) is -2.75. The van der Waals surface area contributed by atoms with E-state index >= 15 is 0 Å². The molecule has 0 aliphatic rings. The Morgan fingerprint density at radius 3 is 1.52 bits per heavy atom. The molecule has 0 radical (unpaired) electrons. The molecule has 0 atom stereocenters. The highest BCUT2D eigenvalue weighted by Gasteiger charge is 2.28. The molecule has 2 heteroatoms. The van der Waals surface area contributed by atoms with Crippen molar-refractivity contribution in [2.45, 2.75) is 0 Å². The van der Waals surface area contributed by atoms with Crippen LogP contribution in [-0.2, 0) is 4.57 Å². The van der Waals surface area contributed by atoms with Crippen LogP contribution in [0.15, 0.2) is 97.6 Å². The monoisotopic (exact) mass is 318 g/mol. The van der Waals surface area contributed by atoms with Gasteiger partial charge < -0.3 is 4.57 Å². The number of rotatable bonds is 5. The lowest BCUT2D eigenvalue weighted by Gasteiger charge is -2.20. The van der Waals surface area contributed by atoms with E-state index in [9.17, 15) is 4.57 Å².